The second-order valence-corrected chi connectivity index (χ2v) is 5.11. The summed E-state index contributed by atoms with van der Waals surface area (Å²) in [5.74, 6) is 0.955. The van der Waals surface area contributed by atoms with Crippen molar-refractivity contribution < 1.29 is 4.74 Å². The Bertz CT molecular complexity index is 470. The summed E-state index contributed by atoms with van der Waals surface area (Å²) in [6, 6.07) is 8.55. The van der Waals surface area contributed by atoms with Crippen LogP contribution in [-0.4, -0.2) is 25.2 Å². The average Bonchev–Trinajstić information content (AvgIpc) is 2.91. The minimum Gasteiger partial charge on any atom is -0.496 e. The number of hydrogen-bond donors (Lipinski definition) is 1. The third-order valence-electron chi connectivity index (χ3n) is 2.97. The number of benzene rings is 1. The van der Waals surface area contributed by atoms with Gasteiger partial charge in [-0.2, -0.15) is 0 Å². The summed E-state index contributed by atoms with van der Waals surface area (Å²) in [6.07, 6.45) is 3.75. The zero-order valence-corrected chi connectivity index (χ0v) is 11.5. The van der Waals surface area contributed by atoms with Crippen LogP contribution in [0.5, 0.6) is 5.75 Å². The van der Waals surface area contributed by atoms with Crippen LogP contribution in [0.25, 0.3) is 0 Å². The number of hydrogen-bond acceptors (Lipinski definition) is 4. The molecular weight excluding hydrogens is 244 g/mol. The molecule has 1 N–H and O–H groups in total. The number of likely N-dealkylation sites (N-methyl/N-ethyl adjacent to an activating group) is 1. The van der Waals surface area contributed by atoms with Crippen molar-refractivity contribution in [3.63, 3.8) is 0 Å². The molecule has 0 saturated carbocycles. The minimum atomic E-state index is 0.382. The summed E-state index contributed by atoms with van der Waals surface area (Å²) >= 11 is 1.70. The first-order valence-electron chi connectivity index (χ1n) is 6.01. The lowest BCUT2D eigenvalue weighted by molar-refractivity contribution is 0.406. The zero-order valence-electron chi connectivity index (χ0n) is 10.7. The molecule has 0 aliphatic heterocycles. The van der Waals surface area contributed by atoms with Crippen LogP contribution in [0.15, 0.2) is 35.8 Å². The van der Waals surface area contributed by atoms with Gasteiger partial charge in [0.25, 0.3) is 0 Å². The molecule has 1 aromatic carbocycles. The van der Waals surface area contributed by atoms with E-state index in [1.165, 1.54) is 10.6 Å². The van der Waals surface area contributed by atoms with Gasteiger partial charge in [0.15, 0.2) is 0 Å². The van der Waals surface area contributed by atoms with Gasteiger partial charge in [0.05, 0.1) is 12.1 Å². The molecule has 0 aliphatic rings. The number of aromatic nitrogens is 1. The topological polar surface area (TPSA) is 34.2 Å². The average molecular weight is 262 g/mol. The predicted octanol–water partition coefficient (Wildman–Crippen LogP) is 2.52. The number of nitrogens with zero attached hydrogens (tertiary/aromatic N) is 1. The van der Waals surface area contributed by atoms with E-state index in [9.17, 15) is 0 Å². The Kier molecular flexibility index (Phi) is 4.73. The van der Waals surface area contributed by atoms with E-state index < -0.39 is 0 Å². The molecular formula is C14H18N2OS. The van der Waals surface area contributed by atoms with E-state index in [4.69, 9.17) is 4.74 Å². The van der Waals surface area contributed by atoms with Crippen molar-refractivity contribution in [3.05, 3.63) is 46.4 Å². The molecule has 1 unspecified atom stereocenters. The van der Waals surface area contributed by atoms with Crippen LogP contribution < -0.4 is 10.1 Å². The molecule has 4 heteroatoms. The number of rotatable bonds is 6. The number of methoxy groups -OCH3 is 1. The first-order chi connectivity index (χ1) is 8.83. The standard InChI is InChI=1S/C14H18N2OS/c1-15-12(10-14-16-7-8-18-14)9-11-5-3-4-6-13(11)17-2/h3-8,12,15H,9-10H2,1-2H3. The zero-order chi connectivity index (χ0) is 12.8. The van der Waals surface area contributed by atoms with Crippen LogP contribution in [0.1, 0.15) is 10.6 Å². The quantitative estimate of drug-likeness (QED) is 0.868. The number of nitrogens with one attached hydrogen (secondary N) is 1. The lowest BCUT2D eigenvalue weighted by Gasteiger charge is -2.16. The van der Waals surface area contributed by atoms with Gasteiger partial charge in [-0.05, 0) is 25.1 Å². The Morgan fingerprint density at radius 2 is 2.17 bits per heavy atom. The predicted molar refractivity (Wildman–Crippen MR) is 75.4 cm³/mol. The number of thiazole rings is 1. The van der Waals surface area contributed by atoms with Crippen LogP contribution in [-0.2, 0) is 12.8 Å². The van der Waals surface area contributed by atoms with Crippen molar-refractivity contribution in [3.8, 4) is 5.75 Å². The van der Waals surface area contributed by atoms with Crippen molar-refractivity contribution in [1.29, 1.82) is 0 Å². The monoisotopic (exact) mass is 262 g/mol. The van der Waals surface area contributed by atoms with Crippen molar-refractivity contribution in [2.45, 2.75) is 18.9 Å². The molecule has 0 radical (unpaired) electrons. The SMILES string of the molecule is CNC(Cc1nccs1)Cc1ccccc1OC. The van der Waals surface area contributed by atoms with Gasteiger partial charge in [-0.25, -0.2) is 4.98 Å². The summed E-state index contributed by atoms with van der Waals surface area (Å²) in [5, 5.41) is 6.54. The van der Waals surface area contributed by atoms with Gasteiger partial charge >= 0.3 is 0 Å². The van der Waals surface area contributed by atoms with Crippen molar-refractivity contribution in [1.82, 2.24) is 10.3 Å². The lowest BCUT2D eigenvalue weighted by Crippen LogP contribution is -2.30. The van der Waals surface area contributed by atoms with Crippen LogP contribution in [0.3, 0.4) is 0 Å². The third kappa shape index (κ3) is 3.31. The van der Waals surface area contributed by atoms with Gasteiger partial charge in [0, 0.05) is 24.0 Å². The third-order valence-corrected chi connectivity index (χ3v) is 3.77. The molecule has 0 amide bonds. The molecule has 0 fully saturated rings. The Labute approximate surface area is 112 Å². The van der Waals surface area contributed by atoms with Crippen molar-refractivity contribution in [2.24, 2.45) is 0 Å². The summed E-state index contributed by atoms with van der Waals surface area (Å²) in [5.41, 5.74) is 1.23. The highest BCUT2D eigenvalue weighted by Gasteiger charge is 2.12. The van der Waals surface area contributed by atoms with Gasteiger partial charge in [-0.15, -0.1) is 11.3 Å². The molecule has 96 valence electrons. The molecule has 18 heavy (non-hydrogen) atoms. The van der Waals surface area contributed by atoms with Gasteiger partial charge in [0.2, 0.25) is 0 Å². The van der Waals surface area contributed by atoms with Crippen LogP contribution >= 0.6 is 11.3 Å². The summed E-state index contributed by atoms with van der Waals surface area (Å²) in [7, 11) is 3.71. The Hall–Kier alpha value is -1.39. The molecule has 2 rings (SSSR count). The van der Waals surface area contributed by atoms with Gasteiger partial charge < -0.3 is 10.1 Å². The largest absolute Gasteiger partial charge is 0.496 e. The van der Waals surface area contributed by atoms with Crippen LogP contribution in [0.2, 0.25) is 0 Å². The minimum absolute atomic E-state index is 0.382. The van der Waals surface area contributed by atoms with Gasteiger partial charge in [-0.1, -0.05) is 18.2 Å². The van der Waals surface area contributed by atoms with Gasteiger partial charge in [0.1, 0.15) is 5.75 Å². The molecule has 1 aromatic heterocycles. The number of para-hydroxylation sites is 1. The maximum atomic E-state index is 5.39. The van der Waals surface area contributed by atoms with Crippen molar-refractivity contribution >= 4 is 11.3 Å². The molecule has 1 atom stereocenters. The molecule has 2 aromatic rings. The molecule has 0 spiro atoms. The summed E-state index contributed by atoms with van der Waals surface area (Å²) in [4.78, 5) is 4.34. The maximum absolute atomic E-state index is 5.39. The maximum Gasteiger partial charge on any atom is 0.122 e. The van der Waals surface area contributed by atoms with E-state index in [0.29, 0.717) is 6.04 Å². The Balaban J connectivity index is 2.05. The Morgan fingerprint density at radius 1 is 1.33 bits per heavy atom. The molecule has 1 heterocycles. The van der Waals surface area contributed by atoms with E-state index >= 15 is 0 Å². The van der Waals surface area contributed by atoms with E-state index in [-0.39, 0.29) is 0 Å². The number of ether oxygens (including phenoxy) is 1. The van der Waals surface area contributed by atoms with Crippen molar-refractivity contribution in [2.75, 3.05) is 14.2 Å². The molecule has 3 nitrogen and oxygen atoms in total. The van der Waals surface area contributed by atoms with E-state index in [1.807, 2.05) is 36.8 Å². The molecule has 0 aliphatic carbocycles. The fourth-order valence-electron chi connectivity index (χ4n) is 1.98. The highest BCUT2D eigenvalue weighted by molar-refractivity contribution is 7.09. The van der Waals surface area contributed by atoms with Gasteiger partial charge in [-0.3, -0.25) is 0 Å². The summed E-state index contributed by atoms with van der Waals surface area (Å²) < 4.78 is 5.39. The smallest absolute Gasteiger partial charge is 0.122 e. The highest BCUT2D eigenvalue weighted by atomic mass is 32.1. The second kappa shape index (κ2) is 6.52. The van der Waals surface area contributed by atoms with Crippen LogP contribution in [0.4, 0.5) is 0 Å². The molecule has 0 bridgehead atoms. The summed E-state index contributed by atoms with van der Waals surface area (Å²) in [6.45, 7) is 0. The first kappa shape index (κ1) is 13.1. The van der Waals surface area contributed by atoms with Crippen LogP contribution in [0, 0.1) is 0 Å². The lowest BCUT2D eigenvalue weighted by atomic mass is 10.0. The normalized spacial score (nSPS) is 12.3. The Morgan fingerprint density at radius 3 is 2.83 bits per heavy atom. The first-order valence-corrected chi connectivity index (χ1v) is 6.89. The fraction of sp³-hybridized carbons (Fsp3) is 0.357. The van der Waals surface area contributed by atoms with E-state index in [2.05, 4.69) is 16.4 Å². The second-order valence-electron chi connectivity index (χ2n) is 4.13. The van der Waals surface area contributed by atoms with E-state index in [1.54, 1.807) is 18.4 Å². The fourth-order valence-corrected chi connectivity index (χ4v) is 2.68. The highest BCUT2D eigenvalue weighted by Crippen LogP contribution is 2.20. The van der Waals surface area contributed by atoms with E-state index in [0.717, 1.165) is 18.6 Å². The molecule has 0 saturated heterocycles.